The van der Waals surface area contributed by atoms with Gasteiger partial charge in [0.2, 0.25) is 0 Å². The number of methoxy groups -OCH3 is 1. The monoisotopic (exact) mass is 289 g/mol. The molecule has 21 heavy (non-hydrogen) atoms. The summed E-state index contributed by atoms with van der Waals surface area (Å²) in [5, 5.41) is 14.3. The lowest BCUT2D eigenvalue weighted by Crippen LogP contribution is -2.15. The van der Waals surface area contributed by atoms with Crippen molar-refractivity contribution < 1.29 is 19.2 Å². The van der Waals surface area contributed by atoms with E-state index in [1.54, 1.807) is 31.2 Å². The molecule has 2 rings (SSSR count). The third kappa shape index (κ3) is 2.97. The molecule has 0 saturated carbocycles. The zero-order valence-electron chi connectivity index (χ0n) is 11.6. The highest BCUT2D eigenvalue weighted by molar-refractivity contribution is 6.04. The number of anilines is 1. The van der Waals surface area contributed by atoms with Gasteiger partial charge in [0.15, 0.2) is 11.6 Å². The molecule has 110 valence electrons. The number of nitrogens with zero attached hydrogens (tertiary/aromatic N) is 1. The summed E-state index contributed by atoms with van der Waals surface area (Å²) in [6, 6.07) is 6.46. The fourth-order valence-electron chi connectivity index (χ4n) is 1.80. The van der Waals surface area contributed by atoms with Gasteiger partial charge in [0.25, 0.3) is 5.91 Å². The number of aryl methyl sites for hydroxylation is 1. The summed E-state index contributed by atoms with van der Waals surface area (Å²) in [4.78, 5) is 12.1. The number of oxime groups is 1. The molecule has 2 aromatic rings. The van der Waals surface area contributed by atoms with E-state index in [9.17, 15) is 4.79 Å². The molecule has 0 spiro atoms. The maximum absolute atomic E-state index is 12.1. The van der Waals surface area contributed by atoms with Crippen LogP contribution in [0, 0.1) is 6.92 Å². The second-order valence-electron chi connectivity index (χ2n) is 4.29. The highest BCUT2D eigenvalue weighted by Gasteiger charge is 2.15. The lowest BCUT2D eigenvalue weighted by molar-refractivity contribution is 0.0995. The Hall–Kier alpha value is -2.96. The zero-order chi connectivity index (χ0) is 15.4. The summed E-state index contributed by atoms with van der Waals surface area (Å²) in [7, 11) is 1.46. The molecule has 0 unspecified atom stereocenters. The van der Waals surface area contributed by atoms with Gasteiger partial charge in [-0.2, -0.15) is 0 Å². The number of carbonyl (C=O) groups is 1. The SMILES string of the molecule is COc1cc(/C(N)=N/O)ccc1NC(=O)c1occc1C. The lowest BCUT2D eigenvalue weighted by Gasteiger charge is -2.11. The molecule has 1 aromatic heterocycles. The number of benzene rings is 1. The Bertz CT molecular complexity index is 691. The Morgan fingerprint density at radius 1 is 1.43 bits per heavy atom. The van der Waals surface area contributed by atoms with Crippen LogP contribution in [0.15, 0.2) is 40.1 Å². The maximum Gasteiger partial charge on any atom is 0.291 e. The molecule has 0 atom stereocenters. The molecule has 0 aliphatic heterocycles. The molecule has 0 fully saturated rings. The summed E-state index contributed by atoms with van der Waals surface area (Å²) in [6.45, 7) is 1.77. The van der Waals surface area contributed by atoms with Crippen LogP contribution in [0.2, 0.25) is 0 Å². The Morgan fingerprint density at radius 3 is 2.76 bits per heavy atom. The Morgan fingerprint density at radius 2 is 2.19 bits per heavy atom. The predicted molar refractivity (Wildman–Crippen MR) is 76.9 cm³/mol. The number of amidine groups is 1. The molecule has 0 bridgehead atoms. The fourth-order valence-corrected chi connectivity index (χ4v) is 1.80. The first-order valence-corrected chi connectivity index (χ1v) is 6.08. The van der Waals surface area contributed by atoms with Gasteiger partial charge >= 0.3 is 0 Å². The van der Waals surface area contributed by atoms with Crippen LogP contribution in [0.3, 0.4) is 0 Å². The fraction of sp³-hybridized carbons (Fsp3) is 0.143. The van der Waals surface area contributed by atoms with Crippen LogP contribution in [0.4, 0.5) is 5.69 Å². The summed E-state index contributed by atoms with van der Waals surface area (Å²) in [5.74, 6) is 0.189. The van der Waals surface area contributed by atoms with Crippen LogP contribution in [0.25, 0.3) is 0 Å². The second kappa shape index (κ2) is 6.00. The second-order valence-corrected chi connectivity index (χ2v) is 4.29. The van der Waals surface area contributed by atoms with Crippen molar-refractivity contribution in [3.05, 3.63) is 47.4 Å². The first kappa shape index (κ1) is 14.4. The van der Waals surface area contributed by atoms with E-state index < -0.39 is 0 Å². The zero-order valence-corrected chi connectivity index (χ0v) is 11.6. The molecule has 1 aromatic carbocycles. The van der Waals surface area contributed by atoms with Crippen LogP contribution in [-0.2, 0) is 0 Å². The molecule has 0 saturated heterocycles. The van der Waals surface area contributed by atoms with Gasteiger partial charge in [-0.05, 0) is 31.2 Å². The number of rotatable bonds is 4. The highest BCUT2D eigenvalue weighted by atomic mass is 16.5. The summed E-state index contributed by atoms with van der Waals surface area (Å²) in [6.07, 6.45) is 1.45. The molecule has 4 N–H and O–H groups in total. The van der Waals surface area contributed by atoms with Gasteiger partial charge in [-0.1, -0.05) is 5.16 Å². The quantitative estimate of drug-likeness (QED) is 0.345. The number of hydrogen-bond donors (Lipinski definition) is 3. The highest BCUT2D eigenvalue weighted by Crippen LogP contribution is 2.26. The van der Waals surface area contributed by atoms with E-state index in [1.165, 1.54) is 13.4 Å². The van der Waals surface area contributed by atoms with Gasteiger partial charge in [-0.3, -0.25) is 4.79 Å². The minimum absolute atomic E-state index is 0.0481. The molecular weight excluding hydrogens is 274 g/mol. The van der Waals surface area contributed by atoms with E-state index in [0.717, 1.165) is 5.56 Å². The van der Waals surface area contributed by atoms with Gasteiger partial charge < -0.3 is 25.4 Å². The number of furan rings is 1. The van der Waals surface area contributed by atoms with Crippen LogP contribution in [-0.4, -0.2) is 24.1 Å². The predicted octanol–water partition coefficient (Wildman–Crippen LogP) is 1.94. The molecule has 0 aliphatic carbocycles. The van der Waals surface area contributed by atoms with Crippen molar-refractivity contribution in [2.24, 2.45) is 10.9 Å². The van der Waals surface area contributed by atoms with Gasteiger partial charge in [-0.25, -0.2) is 0 Å². The number of nitrogens with two attached hydrogens (primary N) is 1. The summed E-state index contributed by atoms with van der Waals surface area (Å²) < 4.78 is 10.3. The summed E-state index contributed by atoms with van der Waals surface area (Å²) in [5.41, 5.74) is 7.17. The van der Waals surface area contributed by atoms with E-state index >= 15 is 0 Å². The minimum Gasteiger partial charge on any atom is -0.495 e. The van der Waals surface area contributed by atoms with Gasteiger partial charge in [0.05, 0.1) is 19.1 Å². The normalized spacial score (nSPS) is 11.2. The van der Waals surface area contributed by atoms with E-state index in [2.05, 4.69) is 10.5 Å². The molecule has 0 aliphatic rings. The van der Waals surface area contributed by atoms with Crippen molar-refractivity contribution in [1.29, 1.82) is 0 Å². The molecular formula is C14H15N3O4. The summed E-state index contributed by atoms with van der Waals surface area (Å²) >= 11 is 0. The first-order valence-electron chi connectivity index (χ1n) is 6.08. The van der Waals surface area contributed by atoms with Crippen LogP contribution < -0.4 is 15.8 Å². The molecule has 1 heterocycles. The molecule has 7 heteroatoms. The van der Waals surface area contributed by atoms with Crippen molar-refractivity contribution in [2.75, 3.05) is 12.4 Å². The van der Waals surface area contributed by atoms with Gasteiger partial charge in [0.1, 0.15) is 5.75 Å². The van der Waals surface area contributed by atoms with Crippen LogP contribution >= 0.6 is 0 Å². The largest absolute Gasteiger partial charge is 0.495 e. The van der Waals surface area contributed by atoms with Crippen LogP contribution in [0.5, 0.6) is 5.75 Å². The third-order valence-electron chi connectivity index (χ3n) is 2.92. The maximum atomic E-state index is 12.1. The van der Waals surface area contributed by atoms with E-state index in [4.69, 9.17) is 20.1 Å². The number of ether oxygens (including phenoxy) is 1. The number of nitrogens with one attached hydrogen (secondary N) is 1. The van der Waals surface area contributed by atoms with Gasteiger partial charge in [-0.15, -0.1) is 0 Å². The minimum atomic E-state index is -0.382. The third-order valence-corrected chi connectivity index (χ3v) is 2.92. The number of carbonyl (C=O) groups excluding carboxylic acids is 1. The number of hydrogen-bond acceptors (Lipinski definition) is 5. The van der Waals surface area contributed by atoms with Crippen LogP contribution in [0.1, 0.15) is 21.7 Å². The Labute approximate surface area is 121 Å². The first-order chi connectivity index (χ1) is 10.1. The van der Waals surface area contributed by atoms with E-state index in [1.807, 2.05) is 0 Å². The smallest absolute Gasteiger partial charge is 0.291 e. The van der Waals surface area contributed by atoms with Crippen molar-refractivity contribution in [3.8, 4) is 5.75 Å². The topological polar surface area (TPSA) is 110 Å². The van der Waals surface area contributed by atoms with E-state index in [-0.39, 0.29) is 17.5 Å². The standard InChI is InChI=1S/C14H15N3O4/c1-8-5-6-21-12(8)14(18)16-10-4-3-9(13(15)17-19)7-11(10)20-2/h3-7,19H,1-2H3,(H2,15,17)(H,16,18). The van der Waals surface area contributed by atoms with Crippen molar-refractivity contribution in [3.63, 3.8) is 0 Å². The molecule has 7 nitrogen and oxygen atoms in total. The van der Waals surface area contributed by atoms with Crippen molar-refractivity contribution in [2.45, 2.75) is 6.92 Å². The lowest BCUT2D eigenvalue weighted by atomic mass is 10.1. The van der Waals surface area contributed by atoms with E-state index in [0.29, 0.717) is 17.0 Å². The molecule has 1 amide bonds. The Kier molecular flexibility index (Phi) is 4.13. The number of amides is 1. The molecule has 0 radical (unpaired) electrons. The average molecular weight is 289 g/mol. The van der Waals surface area contributed by atoms with Crippen molar-refractivity contribution in [1.82, 2.24) is 0 Å². The Balaban J connectivity index is 2.28. The average Bonchev–Trinajstić information content (AvgIpc) is 2.93. The van der Waals surface area contributed by atoms with Gasteiger partial charge in [0, 0.05) is 11.1 Å². The van der Waals surface area contributed by atoms with Crippen molar-refractivity contribution >= 4 is 17.4 Å².